The molecule has 7 heteroatoms. The van der Waals surface area contributed by atoms with E-state index in [1.165, 1.54) is 0 Å². The Morgan fingerprint density at radius 3 is 2.27 bits per heavy atom. The first-order chi connectivity index (χ1) is 16.1. The van der Waals surface area contributed by atoms with Gasteiger partial charge in [0.15, 0.2) is 17.2 Å². The Morgan fingerprint density at radius 2 is 1.55 bits per heavy atom. The van der Waals surface area contributed by atoms with Crippen molar-refractivity contribution in [2.75, 3.05) is 21.3 Å². The molecule has 0 aliphatic heterocycles. The van der Waals surface area contributed by atoms with Crippen LogP contribution in [0.1, 0.15) is 16.1 Å². The van der Waals surface area contributed by atoms with Crippen molar-refractivity contribution in [1.29, 1.82) is 0 Å². The van der Waals surface area contributed by atoms with Crippen LogP contribution in [-0.2, 0) is 6.54 Å². The van der Waals surface area contributed by atoms with Crippen molar-refractivity contribution in [3.8, 4) is 34.1 Å². The lowest BCUT2D eigenvalue weighted by Gasteiger charge is -2.11. The van der Waals surface area contributed by atoms with Gasteiger partial charge in [0.25, 0.3) is 5.91 Å². The van der Waals surface area contributed by atoms with Gasteiger partial charge in [0.2, 0.25) is 0 Å². The number of carbonyl (C=O) groups is 1. The van der Waals surface area contributed by atoms with Gasteiger partial charge in [-0.05, 0) is 35.9 Å². The van der Waals surface area contributed by atoms with E-state index in [9.17, 15) is 4.79 Å². The van der Waals surface area contributed by atoms with Crippen molar-refractivity contribution in [2.24, 2.45) is 0 Å². The minimum atomic E-state index is -0.291. The lowest BCUT2D eigenvalue weighted by Crippen LogP contribution is -2.24. The van der Waals surface area contributed by atoms with E-state index in [2.05, 4.69) is 10.4 Å². The van der Waals surface area contributed by atoms with E-state index in [4.69, 9.17) is 14.2 Å². The van der Waals surface area contributed by atoms with Crippen molar-refractivity contribution >= 4 is 5.91 Å². The zero-order valence-electron chi connectivity index (χ0n) is 18.7. The number of hydrogen-bond donors (Lipinski definition) is 1. The van der Waals surface area contributed by atoms with Gasteiger partial charge in [-0.25, -0.2) is 4.68 Å². The number of ether oxygens (including phenoxy) is 3. The molecular formula is C26H25N3O4. The van der Waals surface area contributed by atoms with Gasteiger partial charge in [-0.15, -0.1) is 0 Å². The fourth-order valence-electron chi connectivity index (χ4n) is 3.58. The third-order valence-electron chi connectivity index (χ3n) is 5.28. The summed E-state index contributed by atoms with van der Waals surface area (Å²) >= 11 is 0. The lowest BCUT2D eigenvalue weighted by atomic mass is 10.1. The van der Waals surface area contributed by atoms with Crippen LogP contribution in [0.5, 0.6) is 17.2 Å². The maximum atomic E-state index is 13.3. The van der Waals surface area contributed by atoms with Crippen LogP contribution in [0.25, 0.3) is 16.8 Å². The second-order valence-corrected chi connectivity index (χ2v) is 7.24. The average molecular weight is 444 g/mol. The number of benzene rings is 3. The topological polar surface area (TPSA) is 74.6 Å². The molecule has 4 aromatic rings. The number of nitrogens with zero attached hydrogens (tertiary/aromatic N) is 2. The second-order valence-electron chi connectivity index (χ2n) is 7.24. The highest BCUT2D eigenvalue weighted by molar-refractivity contribution is 5.99. The molecule has 1 aromatic heterocycles. The Hall–Kier alpha value is -4.26. The average Bonchev–Trinajstić information content (AvgIpc) is 3.33. The van der Waals surface area contributed by atoms with Gasteiger partial charge in [0.05, 0.1) is 27.0 Å². The van der Waals surface area contributed by atoms with Crippen LogP contribution >= 0.6 is 0 Å². The van der Waals surface area contributed by atoms with Gasteiger partial charge < -0.3 is 19.5 Å². The zero-order valence-corrected chi connectivity index (χ0v) is 18.7. The van der Waals surface area contributed by atoms with Crippen LogP contribution in [0.4, 0.5) is 0 Å². The monoisotopic (exact) mass is 443 g/mol. The third-order valence-corrected chi connectivity index (χ3v) is 5.28. The van der Waals surface area contributed by atoms with Crippen LogP contribution in [-0.4, -0.2) is 37.0 Å². The largest absolute Gasteiger partial charge is 0.496 e. The standard InChI is InChI=1S/C26H25N3O4/c1-31-22-12-8-7-9-19(22)16-27-26(30)25-21(17-29(28-25)20-10-5-4-6-11-20)18-13-14-23(32-2)24(15-18)33-3/h4-15,17H,16H2,1-3H3,(H,27,30). The first kappa shape index (κ1) is 22.0. The number of methoxy groups -OCH3 is 3. The summed E-state index contributed by atoms with van der Waals surface area (Å²) in [7, 11) is 4.77. The summed E-state index contributed by atoms with van der Waals surface area (Å²) in [5, 5.41) is 7.58. The quantitative estimate of drug-likeness (QED) is 0.434. The molecule has 0 atom stereocenters. The molecule has 0 radical (unpaired) electrons. The number of amides is 1. The molecule has 33 heavy (non-hydrogen) atoms. The Labute approximate surface area is 192 Å². The van der Waals surface area contributed by atoms with Gasteiger partial charge in [-0.2, -0.15) is 5.10 Å². The number of nitrogens with one attached hydrogen (secondary N) is 1. The fraction of sp³-hybridized carbons (Fsp3) is 0.154. The molecule has 1 N–H and O–H groups in total. The first-order valence-electron chi connectivity index (χ1n) is 10.4. The van der Waals surface area contributed by atoms with Gasteiger partial charge in [0.1, 0.15) is 5.75 Å². The number of aromatic nitrogens is 2. The number of hydrogen-bond acceptors (Lipinski definition) is 5. The summed E-state index contributed by atoms with van der Waals surface area (Å²) in [6, 6.07) is 22.7. The Kier molecular flexibility index (Phi) is 6.59. The summed E-state index contributed by atoms with van der Waals surface area (Å²) < 4.78 is 17.9. The minimum absolute atomic E-state index is 0.291. The first-order valence-corrected chi connectivity index (χ1v) is 10.4. The molecule has 168 valence electrons. The molecule has 1 heterocycles. The van der Waals surface area contributed by atoms with Crippen molar-refractivity contribution in [3.63, 3.8) is 0 Å². The highest BCUT2D eigenvalue weighted by Crippen LogP contribution is 2.34. The molecule has 3 aromatic carbocycles. The van der Waals surface area contributed by atoms with E-state index in [0.717, 1.165) is 16.8 Å². The fourth-order valence-corrected chi connectivity index (χ4v) is 3.58. The lowest BCUT2D eigenvalue weighted by molar-refractivity contribution is 0.0946. The van der Waals surface area contributed by atoms with E-state index in [1.54, 1.807) is 26.0 Å². The van der Waals surface area contributed by atoms with Crippen LogP contribution in [0.15, 0.2) is 79.0 Å². The molecule has 1 amide bonds. The van der Waals surface area contributed by atoms with E-state index in [1.807, 2.05) is 79.0 Å². The van der Waals surface area contributed by atoms with E-state index in [0.29, 0.717) is 35.1 Å². The van der Waals surface area contributed by atoms with E-state index >= 15 is 0 Å². The summed E-state index contributed by atoms with van der Waals surface area (Å²) in [6.07, 6.45) is 1.84. The zero-order chi connectivity index (χ0) is 23.2. The molecule has 0 aliphatic rings. The maximum Gasteiger partial charge on any atom is 0.272 e. The Morgan fingerprint density at radius 1 is 0.848 bits per heavy atom. The van der Waals surface area contributed by atoms with Crippen LogP contribution in [0, 0.1) is 0 Å². The van der Waals surface area contributed by atoms with Crippen molar-refractivity contribution < 1.29 is 19.0 Å². The van der Waals surface area contributed by atoms with Crippen molar-refractivity contribution in [1.82, 2.24) is 15.1 Å². The van der Waals surface area contributed by atoms with Gasteiger partial charge in [0, 0.05) is 23.9 Å². The maximum absolute atomic E-state index is 13.3. The molecule has 0 fully saturated rings. The second kappa shape index (κ2) is 9.91. The van der Waals surface area contributed by atoms with Gasteiger partial charge >= 0.3 is 0 Å². The SMILES string of the molecule is COc1ccccc1CNC(=O)c1nn(-c2ccccc2)cc1-c1ccc(OC)c(OC)c1. The van der Waals surface area contributed by atoms with Crippen LogP contribution in [0.3, 0.4) is 0 Å². The summed E-state index contributed by atoms with van der Waals surface area (Å²) in [4.78, 5) is 13.3. The Balaban J connectivity index is 1.71. The van der Waals surface area contributed by atoms with Crippen molar-refractivity contribution in [3.05, 3.63) is 90.3 Å². The Bertz CT molecular complexity index is 1250. The van der Waals surface area contributed by atoms with Crippen LogP contribution in [0.2, 0.25) is 0 Å². The summed E-state index contributed by atoms with van der Waals surface area (Å²) in [5.41, 5.74) is 3.50. The number of carbonyl (C=O) groups excluding carboxylic acids is 1. The molecule has 7 nitrogen and oxygen atoms in total. The van der Waals surface area contributed by atoms with Gasteiger partial charge in [-0.3, -0.25) is 4.79 Å². The van der Waals surface area contributed by atoms with E-state index in [-0.39, 0.29) is 5.91 Å². The predicted octanol–water partition coefficient (Wildman–Crippen LogP) is 4.50. The third kappa shape index (κ3) is 4.67. The molecule has 0 bridgehead atoms. The summed E-state index contributed by atoms with van der Waals surface area (Å²) in [6.45, 7) is 0.312. The van der Waals surface area contributed by atoms with E-state index < -0.39 is 0 Å². The molecule has 0 saturated heterocycles. The molecule has 0 saturated carbocycles. The molecule has 0 unspecified atom stereocenters. The number of para-hydroxylation sites is 2. The highest BCUT2D eigenvalue weighted by atomic mass is 16.5. The predicted molar refractivity (Wildman–Crippen MR) is 126 cm³/mol. The molecular weight excluding hydrogens is 418 g/mol. The smallest absolute Gasteiger partial charge is 0.272 e. The van der Waals surface area contributed by atoms with Crippen LogP contribution < -0.4 is 19.5 Å². The number of rotatable bonds is 8. The molecule has 4 rings (SSSR count). The summed E-state index contributed by atoms with van der Waals surface area (Å²) in [5.74, 6) is 1.61. The highest BCUT2D eigenvalue weighted by Gasteiger charge is 2.20. The van der Waals surface area contributed by atoms with Crippen molar-refractivity contribution in [2.45, 2.75) is 6.54 Å². The normalized spacial score (nSPS) is 10.5. The minimum Gasteiger partial charge on any atom is -0.496 e. The molecule has 0 spiro atoms. The van der Waals surface area contributed by atoms with Gasteiger partial charge in [-0.1, -0.05) is 42.5 Å². The molecule has 0 aliphatic carbocycles.